The molecule has 4 nitrogen and oxygen atoms in total. The Kier molecular flexibility index (Phi) is 3.94. The van der Waals surface area contributed by atoms with Gasteiger partial charge in [0.2, 0.25) is 0 Å². The van der Waals surface area contributed by atoms with Gasteiger partial charge in [0.1, 0.15) is 0 Å². The molecular weight excluding hydrogens is 248 g/mol. The fourth-order valence-electron chi connectivity index (χ4n) is 3.01. The summed E-state index contributed by atoms with van der Waals surface area (Å²) in [6.07, 6.45) is 3.10. The number of piperazine rings is 1. The van der Waals surface area contributed by atoms with Gasteiger partial charge in [-0.25, -0.2) is 4.98 Å². The van der Waals surface area contributed by atoms with Gasteiger partial charge in [0.25, 0.3) is 0 Å². The number of fused-ring (bicyclic) bond motifs is 1. The van der Waals surface area contributed by atoms with E-state index in [4.69, 9.17) is 4.98 Å². The fraction of sp³-hybridized carbons (Fsp3) is 0.500. The van der Waals surface area contributed by atoms with Gasteiger partial charge in [-0.2, -0.15) is 0 Å². The van der Waals surface area contributed by atoms with Crippen LogP contribution in [0.3, 0.4) is 0 Å². The van der Waals surface area contributed by atoms with Gasteiger partial charge in [0.15, 0.2) is 0 Å². The van der Waals surface area contributed by atoms with E-state index in [0.29, 0.717) is 12.1 Å². The van der Waals surface area contributed by atoms with Gasteiger partial charge in [0.05, 0.1) is 29.0 Å². The molecule has 1 unspecified atom stereocenters. The molecule has 1 fully saturated rings. The molecule has 3 rings (SSSR count). The Bertz CT molecular complexity index is 583. The molecule has 0 amide bonds. The van der Waals surface area contributed by atoms with E-state index in [0.717, 1.165) is 36.4 Å². The predicted octanol–water partition coefficient (Wildman–Crippen LogP) is 2.37. The molecule has 0 radical (unpaired) electrons. The number of hydrogen-bond acceptors (Lipinski definition) is 4. The molecule has 106 valence electrons. The van der Waals surface area contributed by atoms with E-state index >= 15 is 0 Å². The fourth-order valence-corrected chi connectivity index (χ4v) is 3.01. The first kappa shape index (κ1) is 13.5. The summed E-state index contributed by atoms with van der Waals surface area (Å²) >= 11 is 0. The average molecular weight is 270 g/mol. The first-order valence-corrected chi connectivity index (χ1v) is 7.47. The number of nitrogens with zero attached hydrogens (tertiary/aromatic N) is 3. The second-order valence-electron chi connectivity index (χ2n) is 5.46. The summed E-state index contributed by atoms with van der Waals surface area (Å²) in [7, 11) is 0. The van der Waals surface area contributed by atoms with Gasteiger partial charge < -0.3 is 5.32 Å². The van der Waals surface area contributed by atoms with Crippen molar-refractivity contribution in [3.8, 4) is 0 Å². The predicted molar refractivity (Wildman–Crippen MR) is 81.6 cm³/mol. The van der Waals surface area contributed by atoms with Crippen molar-refractivity contribution in [3.05, 3.63) is 36.2 Å². The summed E-state index contributed by atoms with van der Waals surface area (Å²) in [5.41, 5.74) is 3.03. The normalized spacial score (nSPS) is 22.0. The van der Waals surface area contributed by atoms with Gasteiger partial charge in [-0.15, -0.1) is 0 Å². The molecule has 4 heteroatoms. The summed E-state index contributed by atoms with van der Waals surface area (Å²) in [5, 5.41) is 3.47. The summed E-state index contributed by atoms with van der Waals surface area (Å²) in [4.78, 5) is 11.9. The van der Waals surface area contributed by atoms with Crippen LogP contribution in [0.15, 0.2) is 30.5 Å². The van der Waals surface area contributed by atoms with Crippen molar-refractivity contribution in [1.29, 1.82) is 0 Å². The molecule has 1 N–H and O–H groups in total. The van der Waals surface area contributed by atoms with Crippen LogP contribution in [0.2, 0.25) is 0 Å². The maximum absolute atomic E-state index is 4.79. The molecule has 1 aromatic heterocycles. The summed E-state index contributed by atoms with van der Waals surface area (Å²) in [5.74, 6) is 0. The first-order valence-electron chi connectivity index (χ1n) is 7.47. The van der Waals surface area contributed by atoms with Crippen LogP contribution in [0.1, 0.15) is 32.0 Å². The van der Waals surface area contributed by atoms with E-state index in [1.165, 1.54) is 6.42 Å². The van der Waals surface area contributed by atoms with Crippen molar-refractivity contribution in [2.24, 2.45) is 0 Å². The first-order chi connectivity index (χ1) is 9.79. The second kappa shape index (κ2) is 5.85. The minimum Gasteiger partial charge on any atom is -0.314 e. The van der Waals surface area contributed by atoms with Crippen LogP contribution in [0.25, 0.3) is 11.0 Å². The highest BCUT2D eigenvalue weighted by Crippen LogP contribution is 2.24. The van der Waals surface area contributed by atoms with Crippen molar-refractivity contribution in [2.45, 2.75) is 32.4 Å². The van der Waals surface area contributed by atoms with Gasteiger partial charge in [-0.05, 0) is 25.5 Å². The SMILES string of the molecule is CC[C@@H]1CNCCN1C(C)c1cnc2ccccc2n1. The van der Waals surface area contributed by atoms with Crippen molar-refractivity contribution >= 4 is 11.0 Å². The summed E-state index contributed by atoms with van der Waals surface area (Å²) in [6.45, 7) is 7.70. The van der Waals surface area contributed by atoms with E-state index in [1.54, 1.807) is 0 Å². The van der Waals surface area contributed by atoms with Crippen molar-refractivity contribution in [2.75, 3.05) is 19.6 Å². The van der Waals surface area contributed by atoms with Crippen LogP contribution in [0.4, 0.5) is 0 Å². The summed E-state index contributed by atoms with van der Waals surface area (Å²) < 4.78 is 0. The maximum Gasteiger partial charge on any atom is 0.0890 e. The lowest BCUT2D eigenvalue weighted by atomic mass is 10.1. The molecule has 2 atom stereocenters. The van der Waals surface area contributed by atoms with Crippen LogP contribution < -0.4 is 5.32 Å². The van der Waals surface area contributed by atoms with Gasteiger partial charge in [-0.1, -0.05) is 19.1 Å². The standard InChI is InChI=1S/C16H22N4/c1-3-13-10-17-8-9-20(13)12(2)16-11-18-14-6-4-5-7-15(14)19-16/h4-7,11-13,17H,3,8-10H2,1-2H3/t12?,13-/m1/s1. The molecular formula is C16H22N4. The minimum atomic E-state index is 0.319. The zero-order valence-electron chi connectivity index (χ0n) is 12.2. The molecule has 20 heavy (non-hydrogen) atoms. The Morgan fingerprint density at radius 2 is 2.15 bits per heavy atom. The Labute approximate surface area is 120 Å². The van der Waals surface area contributed by atoms with Gasteiger partial charge in [-0.3, -0.25) is 9.88 Å². The van der Waals surface area contributed by atoms with Crippen LogP contribution >= 0.6 is 0 Å². The van der Waals surface area contributed by atoms with Gasteiger partial charge in [0, 0.05) is 25.7 Å². The third kappa shape index (κ3) is 2.53. The largest absolute Gasteiger partial charge is 0.314 e. The molecule has 0 aliphatic carbocycles. The van der Waals surface area contributed by atoms with Crippen LogP contribution in [-0.2, 0) is 0 Å². The zero-order chi connectivity index (χ0) is 13.9. The molecule has 1 aromatic carbocycles. The van der Waals surface area contributed by atoms with Crippen molar-refractivity contribution in [1.82, 2.24) is 20.2 Å². The monoisotopic (exact) mass is 270 g/mol. The molecule has 1 aliphatic rings. The number of hydrogen-bond donors (Lipinski definition) is 1. The lowest BCUT2D eigenvalue weighted by Gasteiger charge is -2.39. The number of benzene rings is 1. The van der Waals surface area contributed by atoms with Crippen LogP contribution in [0.5, 0.6) is 0 Å². The molecule has 2 heterocycles. The van der Waals surface area contributed by atoms with E-state index in [9.17, 15) is 0 Å². The Morgan fingerprint density at radius 3 is 2.95 bits per heavy atom. The van der Waals surface area contributed by atoms with E-state index in [1.807, 2.05) is 30.5 Å². The molecule has 0 bridgehead atoms. The topological polar surface area (TPSA) is 41.0 Å². The Morgan fingerprint density at radius 1 is 1.35 bits per heavy atom. The highest BCUT2D eigenvalue weighted by molar-refractivity contribution is 5.73. The molecule has 0 spiro atoms. The van der Waals surface area contributed by atoms with Crippen LogP contribution in [-0.4, -0.2) is 40.5 Å². The molecule has 0 saturated carbocycles. The lowest BCUT2D eigenvalue weighted by molar-refractivity contribution is 0.109. The maximum atomic E-state index is 4.79. The van der Waals surface area contributed by atoms with Crippen molar-refractivity contribution < 1.29 is 0 Å². The lowest BCUT2D eigenvalue weighted by Crippen LogP contribution is -2.51. The smallest absolute Gasteiger partial charge is 0.0890 e. The van der Waals surface area contributed by atoms with Crippen molar-refractivity contribution in [3.63, 3.8) is 0 Å². The van der Waals surface area contributed by atoms with Crippen LogP contribution in [0, 0.1) is 0 Å². The Balaban J connectivity index is 1.89. The number of nitrogens with one attached hydrogen (secondary N) is 1. The average Bonchev–Trinajstić information content (AvgIpc) is 2.53. The molecule has 1 saturated heterocycles. The minimum absolute atomic E-state index is 0.319. The highest BCUT2D eigenvalue weighted by atomic mass is 15.2. The zero-order valence-corrected chi connectivity index (χ0v) is 12.2. The van der Waals surface area contributed by atoms with Gasteiger partial charge >= 0.3 is 0 Å². The van der Waals surface area contributed by atoms with E-state index in [-0.39, 0.29) is 0 Å². The molecule has 2 aromatic rings. The third-order valence-electron chi connectivity index (χ3n) is 4.26. The highest BCUT2D eigenvalue weighted by Gasteiger charge is 2.26. The second-order valence-corrected chi connectivity index (χ2v) is 5.46. The third-order valence-corrected chi connectivity index (χ3v) is 4.26. The quantitative estimate of drug-likeness (QED) is 0.929. The Hall–Kier alpha value is -1.52. The van der Waals surface area contributed by atoms with E-state index in [2.05, 4.69) is 29.0 Å². The van der Waals surface area contributed by atoms with E-state index < -0.39 is 0 Å². The number of aromatic nitrogens is 2. The summed E-state index contributed by atoms with van der Waals surface area (Å²) in [6, 6.07) is 8.98. The number of para-hydroxylation sites is 2. The molecule has 1 aliphatic heterocycles. The number of rotatable bonds is 3.